The van der Waals surface area contributed by atoms with Gasteiger partial charge >= 0.3 is 0 Å². The number of rotatable bonds is 1. The largest absolute Gasteiger partial charge is 0.372 e. The van der Waals surface area contributed by atoms with Crippen molar-refractivity contribution in [3.05, 3.63) is 23.9 Å². The van der Waals surface area contributed by atoms with E-state index in [1.165, 1.54) is 37.9 Å². The van der Waals surface area contributed by atoms with Crippen LogP contribution in [0.5, 0.6) is 0 Å². The standard InChI is InChI=1S/C11H18N2/c1-10-5-6-11(12-9-10)13-7-3-2-4-8-13/h5-6,9,11-12H,2-4,7-8H2,1H3. The van der Waals surface area contributed by atoms with Crippen LogP contribution in [-0.4, -0.2) is 24.2 Å². The summed E-state index contributed by atoms with van der Waals surface area (Å²) in [5.41, 5.74) is 1.31. The fraction of sp³-hybridized carbons (Fsp3) is 0.636. The van der Waals surface area contributed by atoms with E-state index < -0.39 is 0 Å². The van der Waals surface area contributed by atoms with Gasteiger partial charge in [-0.25, -0.2) is 0 Å². The van der Waals surface area contributed by atoms with Gasteiger partial charge in [0.1, 0.15) is 0 Å². The molecular formula is C11H18N2. The second-order valence-corrected chi connectivity index (χ2v) is 3.96. The number of hydrogen-bond acceptors (Lipinski definition) is 2. The fourth-order valence-corrected chi connectivity index (χ4v) is 1.99. The Morgan fingerprint density at radius 1 is 1.31 bits per heavy atom. The second kappa shape index (κ2) is 3.97. The summed E-state index contributed by atoms with van der Waals surface area (Å²) >= 11 is 0. The Labute approximate surface area is 80.3 Å². The molecule has 0 aromatic heterocycles. The van der Waals surface area contributed by atoms with Crippen LogP contribution in [0.1, 0.15) is 26.2 Å². The van der Waals surface area contributed by atoms with Gasteiger partial charge in [0.15, 0.2) is 0 Å². The van der Waals surface area contributed by atoms with Gasteiger partial charge in [0, 0.05) is 19.3 Å². The molecule has 2 heterocycles. The molecule has 0 saturated carbocycles. The minimum absolute atomic E-state index is 0.448. The van der Waals surface area contributed by atoms with E-state index in [9.17, 15) is 0 Å². The normalized spacial score (nSPS) is 29.6. The van der Waals surface area contributed by atoms with Crippen molar-refractivity contribution < 1.29 is 0 Å². The fourth-order valence-electron chi connectivity index (χ4n) is 1.99. The van der Waals surface area contributed by atoms with E-state index >= 15 is 0 Å². The van der Waals surface area contributed by atoms with Gasteiger partial charge in [-0.2, -0.15) is 0 Å². The molecule has 0 radical (unpaired) electrons. The van der Waals surface area contributed by atoms with Crippen LogP contribution < -0.4 is 5.32 Å². The lowest BCUT2D eigenvalue weighted by Gasteiger charge is -2.34. The van der Waals surface area contributed by atoms with Crippen molar-refractivity contribution >= 4 is 0 Å². The van der Waals surface area contributed by atoms with Crippen molar-refractivity contribution in [2.45, 2.75) is 32.4 Å². The molecule has 1 atom stereocenters. The number of likely N-dealkylation sites (tertiary alicyclic amines) is 1. The Hall–Kier alpha value is -0.760. The highest BCUT2D eigenvalue weighted by atomic mass is 15.3. The van der Waals surface area contributed by atoms with Crippen LogP contribution in [0.15, 0.2) is 23.9 Å². The maximum atomic E-state index is 3.42. The first-order chi connectivity index (χ1) is 6.36. The van der Waals surface area contributed by atoms with Crippen molar-refractivity contribution in [2.24, 2.45) is 0 Å². The zero-order valence-corrected chi connectivity index (χ0v) is 8.29. The van der Waals surface area contributed by atoms with Crippen LogP contribution in [0.25, 0.3) is 0 Å². The molecule has 2 rings (SSSR count). The lowest BCUT2D eigenvalue weighted by molar-refractivity contribution is 0.176. The highest BCUT2D eigenvalue weighted by Crippen LogP contribution is 2.14. The molecule has 2 aliphatic rings. The van der Waals surface area contributed by atoms with Crippen molar-refractivity contribution in [3.63, 3.8) is 0 Å². The Bertz CT molecular complexity index is 224. The summed E-state index contributed by atoms with van der Waals surface area (Å²) in [4.78, 5) is 2.52. The third-order valence-electron chi connectivity index (χ3n) is 2.81. The first-order valence-electron chi connectivity index (χ1n) is 5.21. The highest BCUT2D eigenvalue weighted by molar-refractivity contribution is 5.21. The highest BCUT2D eigenvalue weighted by Gasteiger charge is 2.17. The summed E-state index contributed by atoms with van der Waals surface area (Å²) in [5, 5.41) is 3.42. The Morgan fingerprint density at radius 3 is 2.69 bits per heavy atom. The molecule has 0 aromatic rings. The molecule has 1 saturated heterocycles. The molecule has 2 nitrogen and oxygen atoms in total. The Kier molecular flexibility index (Phi) is 2.69. The molecule has 2 aliphatic heterocycles. The third kappa shape index (κ3) is 2.13. The molecule has 0 bridgehead atoms. The topological polar surface area (TPSA) is 15.3 Å². The number of hydrogen-bond donors (Lipinski definition) is 1. The van der Waals surface area contributed by atoms with Gasteiger partial charge in [0.25, 0.3) is 0 Å². The molecule has 0 aromatic carbocycles. The van der Waals surface area contributed by atoms with Crippen LogP contribution in [0, 0.1) is 0 Å². The van der Waals surface area contributed by atoms with Crippen LogP contribution in [0.4, 0.5) is 0 Å². The molecule has 13 heavy (non-hydrogen) atoms. The van der Waals surface area contributed by atoms with Crippen molar-refractivity contribution in [1.29, 1.82) is 0 Å². The van der Waals surface area contributed by atoms with Gasteiger partial charge in [-0.15, -0.1) is 0 Å². The monoisotopic (exact) mass is 178 g/mol. The van der Waals surface area contributed by atoms with E-state index in [1.54, 1.807) is 0 Å². The molecule has 1 unspecified atom stereocenters. The number of piperidine rings is 1. The second-order valence-electron chi connectivity index (χ2n) is 3.96. The van der Waals surface area contributed by atoms with E-state index in [0.717, 1.165) is 0 Å². The maximum absolute atomic E-state index is 3.42. The third-order valence-corrected chi connectivity index (χ3v) is 2.81. The van der Waals surface area contributed by atoms with E-state index in [-0.39, 0.29) is 0 Å². The van der Waals surface area contributed by atoms with Gasteiger partial charge in [-0.05, 0) is 31.4 Å². The smallest absolute Gasteiger partial charge is 0.0985 e. The first kappa shape index (κ1) is 8.82. The minimum atomic E-state index is 0.448. The number of dihydropyridines is 1. The summed E-state index contributed by atoms with van der Waals surface area (Å²) < 4.78 is 0. The van der Waals surface area contributed by atoms with Crippen molar-refractivity contribution in [1.82, 2.24) is 10.2 Å². The lowest BCUT2D eigenvalue weighted by Crippen LogP contribution is -2.45. The summed E-state index contributed by atoms with van der Waals surface area (Å²) in [6.45, 7) is 4.61. The molecule has 1 fully saturated rings. The molecule has 72 valence electrons. The van der Waals surface area contributed by atoms with Crippen LogP contribution in [0.2, 0.25) is 0 Å². The van der Waals surface area contributed by atoms with E-state index in [4.69, 9.17) is 0 Å². The maximum Gasteiger partial charge on any atom is 0.0985 e. The SMILES string of the molecule is CC1=CNC(N2CCCCC2)C=C1. The lowest BCUT2D eigenvalue weighted by atomic mass is 10.1. The molecule has 0 aliphatic carbocycles. The first-order valence-corrected chi connectivity index (χ1v) is 5.21. The predicted molar refractivity (Wildman–Crippen MR) is 55.2 cm³/mol. The number of nitrogens with zero attached hydrogens (tertiary/aromatic N) is 1. The average Bonchev–Trinajstić information content (AvgIpc) is 2.20. The van der Waals surface area contributed by atoms with Gasteiger partial charge in [-0.3, -0.25) is 4.90 Å². The Morgan fingerprint density at radius 2 is 2.08 bits per heavy atom. The van der Waals surface area contributed by atoms with Crippen LogP contribution in [-0.2, 0) is 0 Å². The van der Waals surface area contributed by atoms with Gasteiger partial charge in [0.05, 0.1) is 6.17 Å². The molecule has 2 heteroatoms. The van der Waals surface area contributed by atoms with Crippen molar-refractivity contribution in [3.8, 4) is 0 Å². The predicted octanol–water partition coefficient (Wildman–Crippen LogP) is 1.86. The van der Waals surface area contributed by atoms with Gasteiger partial charge in [-0.1, -0.05) is 12.5 Å². The average molecular weight is 178 g/mol. The summed E-state index contributed by atoms with van der Waals surface area (Å²) in [5.74, 6) is 0. The quantitative estimate of drug-likeness (QED) is 0.659. The van der Waals surface area contributed by atoms with Gasteiger partial charge < -0.3 is 5.32 Å². The zero-order chi connectivity index (χ0) is 9.10. The Balaban J connectivity index is 1.91. The number of allylic oxidation sites excluding steroid dienone is 2. The summed E-state index contributed by atoms with van der Waals surface area (Å²) in [6, 6.07) is 0. The van der Waals surface area contributed by atoms with Crippen LogP contribution in [0.3, 0.4) is 0 Å². The van der Waals surface area contributed by atoms with Crippen molar-refractivity contribution in [2.75, 3.05) is 13.1 Å². The number of nitrogens with one attached hydrogen (secondary N) is 1. The minimum Gasteiger partial charge on any atom is -0.372 e. The van der Waals surface area contributed by atoms with E-state index in [0.29, 0.717) is 6.17 Å². The molecule has 1 N–H and O–H groups in total. The summed E-state index contributed by atoms with van der Waals surface area (Å²) in [6.07, 6.45) is 11.1. The van der Waals surface area contributed by atoms with Crippen LogP contribution >= 0.6 is 0 Å². The molecule has 0 spiro atoms. The molecule has 0 amide bonds. The van der Waals surface area contributed by atoms with E-state index in [2.05, 4.69) is 35.5 Å². The van der Waals surface area contributed by atoms with E-state index in [1.807, 2.05) is 0 Å². The molecular weight excluding hydrogens is 160 g/mol. The van der Waals surface area contributed by atoms with Gasteiger partial charge in [0.2, 0.25) is 0 Å². The summed E-state index contributed by atoms with van der Waals surface area (Å²) in [7, 11) is 0. The zero-order valence-electron chi connectivity index (χ0n) is 8.29.